The molecule has 2 fully saturated rings. The quantitative estimate of drug-likeness (QED) is 0.393. The van der Waals surface area contributed by atoms with Crippen molar-refractivity contribution in [3.05, 3.63) is 35.9 Å². The Balaban J connectivity index is 0.00000261. The van der Waals surface area contributed by atoms with Crippen molar-refractivity contribution in [3.63, 3.8) is 0 Å². The maximum absolute atomic E-state index is 5.77. The number of rotatable bonds is 5. The summed E-state index contributed by atoms with van der Waals surface area (Å²) in [4.78, 5) is 6.92. The van der Waals surface area contributed by atoms with E-state index in [0.29, 0.717) is 6.10 Å². The van der Waals surface area contributed by atoms with E-state index in [4.69, 9.17) is 9.47 Å². The average Bonchev–Trinajstić information content (AvgIpc) is 2.71. The lowest BCUT2D eigenvalue weighted by atomic mass is 9.74. The number of benzene rings is 1. The predicted octanol–water partition coefficient (Wildman–Crippen LogP) is 3.43. The molecule has 0 unspecified atom stereocenters. The van der Waals surface area contributed by atoms with E-state index in [1.807, 2.05) is 7.05 Å². The third-order valence-electron chi connectivity index (χ3n) is 5.78. The van der Waals surface area contributed by atoms with E-state index in [1.54, 1.807) is 0 Å². The molecule has 1 N–H and O–H groups in total. The van der Waals surface area contributed by atoms with Gasteiger partial charge in [-0.05, 0) is 38.2 Å². The van der Waals surface area contributed by atoms with Crippen LogP contribution >= 0.6 is 24.0 Å². The van der Waals surface area contributed by atoms with E-state index >= 15 is 0 Å². The van der Waals surface area contributed by atoms with Crippen LogP contribution in [0.25, 0.3) is 0 Å². The SMILES string of the molecule is CCOC1CCN(C(=NC)NCC2(c3ccccc3)CCOCC2)CC1.I. The van der Waals surface area contributed by atoms with Crippen LogP contribution in [0.5, 0.6) is 0 Å². The Morgan fingerprint density at radius 3 is 2.48 bits per heavy atom. The number of nitrogens with one attached hydrogen (secondary N) is 1. The van der Waals surface area contributed by atoms with Crippen LogP contribution < -0.4 is 5.32 Å². The second kappa shape index (κ2) is 11.2. The van der Waals surface area contributed by atoms with Gasteiger partial charge >= 0.3 is 0 Å². The molecule has 1 aromatic rings. The van der Waals surface area contributed by atoms with Crippen LogP contribution in [0, 0.1) is 0 Å². The third-order valence-corrected chi connectivity index (χ3v) is 5.78. The van der Waals surface area contributed by atoms with Gasteiger partial charge in [-0.3, -0.25) is 4.99 Å². The van der Waals surface area contributed by atoms with Crippen LogP contribution in [0.1, 0.15) is 38.2 Å². The van der Waals surface area contributed by atoms with Crippen LogP contribution in [0.2, 0.25) is 0 Å². The summed E-state index contributed by atoms with van der Waals surface area (Å²) in [5.41, 5.74) is 1.53. The largest absolute Gasteiger partial charge is 0.381 e. The van der Waals surface area contributed by atoms with Crippen molar-refractivity contribution in [2.45, 2.75) is 44.1 Å². The summed E-state index contributed by atoms with van der Waals surface area (Å²) in [6.45, 7) is 7.45. The molecule has 152 valence electrons. The fourth-order valence-corrected chi connectivity index (χ4v) is 4.17. The van der Waals surface area contributed by atoms with Gasteiger partial charge in [0.1, 0.15) is 0 Å². The molecule has 0 aromatic heterocycles. The third kappa shape index (κ3) is 5.81. The number of nitrogens with zero attached hydrogens (tertiary/aromatic N) is 2. The predicted molar refractivity (Wildman–Crippen MR) is 121 cm³/mol. The molecule has 0 spiro atoms. The normalized spacial score (nSPS) is 20.8. The molecule has 0 radical (unpaired) electrons. The van der Waals surface area contributed by atoms with Gasteiger partial charge in [-0.2, -0.15) is 0 Å². The molecule has 0 bridgehead atoms. The van der Waals surface area contributed by atoms with Crippen molar-refractivity contribution in [2.24, 2.45) is 4.99 Å². The number of piperidine rings is 1. The van der Waals surface area contributed by atoms with Gasteiger partial charge in [-0.1, -0.05) is 30.3 Å². The van der Waals surface area contributed by atoms with E-state index in [-0.39, 0.29) is 29.4 Å². The number of aliphatic imine (C=N–C) groups is 1. The number of guanidine groups is 1. The van der Waals surface area contributed by atoms with Crippen LogP contribution in [0.4, 0.5) is 0 Å². The van der Waals surface area contributed by atoms with Crippen molar-refractivity contribution in [1.82, 2.24) is 10.2 Å². The average molecular weight is 487 g/mol. The Labute approximate surface area is 180 Å². The molecule has 5 nitrogen and oxygen atoms in total. The Bertz CT molecular complexity index is 568. The van der Waals surface area contributed by atoms with E-state index in [1.165, 1.54) is 5.56 Å². The summed E-state index contributed by atoms with van der Waals surface area (Å²) >= 11 is 0. The second-order valence-electron chi connectivity index (χ2n) is 7.30. The molecule has 3 rings (SSSR count). The Hall–Kier alpha value is -0.860. The zero-order chi connectivity index (χ0) is 18.2. The molecule has 0 amide bonds. The zero-order valence-electron chi connectivity index (χ0n) is 16.7. The standard InChI is InChI=1S/C21H33N3O2.HI/c1-3-26-19-9-13-24(14-10-19)20(22-2)23-17-21(11-15-25-16-12-21)18-7-5-4-6-8-18;/h4-8,19H,3,9-17H2,1-2H3,(H,22,23);1H. The fourth-order valence-electron chi connectivity index (χ4n) is 4.17. The minimum Gasteiger partial charge on any atom is -0.381 e. The van der Waals surface area contributed by atoms with Gasteiger partial charge in [0.15, 0.2) is 5.96 Å². The molecular formula is C21H34IN3O2. The lowest BCUT2D eigenvalue weighted by Gasteiger charge is -2.40. The van der Waals surface area contributed by atoms with E-state index in [2.05, 4.69) is 52.5 Å². The van der Waals surface area contributed by atoms with Gasteiger partial charge in [0.25, 0.3) is 0 Å². The highest BCUT2D eigenvalue weighted by Crippen LogP contribution is 2.34. The highest BCUT2D eigenvalue weighted by Gasteiger charge is 2.35. The van der Waals surface area contributed by atoms with Crippen molar-refractivity contribution in [2.75, 3.05) is 46.5 Å². The highest BCUT2D eigenvalue weighted by molar-refractivity contribution is 14.0. The molecule has 0 atom stereocenters. The molecule has 2 heterocycles. The lowest BCUT2D eigenvalue weighted by Crippen LogP contribution is -2.51. The topological polar surface area (TPSA) is 46.1 Å². The molecule has 1 aromatic carbocycles. The monoisotopic (exact) mass is 487 g/mol. The molecule has 0 aliphatic carbocycles. The minimum absolute atomic E-state index is 0. The molecule has 2 saturated heterocycles. The first kappa shape index (κ1) is 22.4. The molecule has 0 saturated carbocycles. The minimum atomic E-state index is 0. The van der Waals surface area contributed by atoms with Crippen molar-refractivity contribution < 1.29 is 9.47 Å². The molecular weight excluding hydrogens is 453 g/mol. The summed E-state index contributed by atoms with van der Waals surface area (Å²) < 4.78 is 11.4. The first-order chi connectivity index (χ1) is 12.8. The van der Waals surface area contributed by atoms with Gasteiger partial charge in [0.2, 0.25) is 0 Å². The van der Waals surface area contributed by atoms with Gasteiger partial charge in [0, 0.05) is 51.9 Å². The summed E-state index contributed by atoms with van der Waals surface area (Å²) in [5.74, 6) is 1.02. The summed E-state index contributed by atoms with van der Waals surface area (Å²) in [6, 6.07) is 10.9. The first-order valence-corrected chi connectivity index (χ1v) is 9.98. The summed E-state index contributed by atoms with van der Waals surface area (Å²) in [7, 11) is 1.89. The number of likely N-dealkylation sites (tertiary alicyclic amines) is 1. The van der Waals surface area contributed by atoms with Crippen LogP contribution in [0.15, 0.2) is 35.3 Å². The number of hydrogen-bond donors (Lipinski definition) is 1. The molecule has 2 aliphatic heterocycles. The second-order valence-corrected chi connectivity index (χ2v) is 7.30. The van der Waals surface area contributed by atoms with Crippen molar-refractivity contribution in [1.29, 1.82) is 0 Å². The Morgan fingerprint density at radius 2 is 1.89 bits per heavy atom. The lowest BCUT2D eigenvalue weighted by molar-refractivity contribution is 0.0259. The fraction of sp³-hybridized carbons (Fsp3) is 0.667. The number of ether oxygens (including phenoxy) is 2. The van der Waals surface area contributed by atoms with Gasteiger partial charge < -0.3 is 19.7 Å². The summed E-state index contributed by atoms with van der Waals surface area (Å²) in [6.07, 6.45) is 4.65. The Kier molecular flexibility index (Phi) is 9.32. The van der Waals surface area contributed by atoms with Gasteiger partial charge in [-0.25, -0.2) is 0 Å². The molecule has 27 heavy (non-hydrogen) atoms. The summed E-state index contributed by atoms with van der Waals surface area (Å²) in [5, 5.41) is 3.67. The number of halogens is 1. The molecule has 2 aliphatic rings. The smallest absolute Gasteiger partial charge is 0.193 e. The van der Waals surface area contributed by atoms with Crippen molar-refractivity contribution in [3.8, 4) is 0 Å². The first-order valence-electron chi connectivity index (χ1n) is 9.98. The maximum atomic E-state index is 5.77. The van der Waals surface area contributed by atoms with Crippen LogP contribution in [-0.2, 0) is 14.9 Å². The van der Waals surface area contributed by atoms with E-state index in [0.717, 1.165) is 71.1 Å². The highest BCUT2D eigenvalue weighted by atomic mass is 127. The van der Waals surface area contributed by atoms with Crippen molar-refractivity contribution >= 4 is 29.9 Å². The van der Waals surface area contributed by atoms with Gasteiger partial charge in [-0.15, -0.1) is 24.0 Å². The zero-order valence-corrected chi connectivity index (χ0v) is 19.0. The Morgan fingerprint density at radius 1 is 1.22 bits per heavy atom. The maximum Gasteiger partial charge on any atom is 0.193 e. The molecule has 6 heteroatoms. The number of hydrogen-bond acceptors (Lipinski definition) is 3. The van der Waals surface area contributed by atoms with Gasteiger partial charge in [0.05, 0.1) is 6.10 Å². The van der Waals surface area contributed by atoms with Crippen LogP contribution in [0.3, 0.4) is 0 Å². The van der Waals surface area contributed by atoms with E-state index in [9.17, 15) is 0 Å². The van der Waals surface area contributed by atoms with Crippen LogP contribution in [-0.4, -0.2) is 63.5 Å². The van der Waals surface area contributed by atoms with E-state index < -0.39 is 0 Å².